The highest BCUT2D eigenvalue weighted by molar-refractivity contribution is 5.94. The topological polar surface area (TPSA) is 60.2 Å². The summed E-state index contributed by atoms with van der Waals surface area (Å²) in [6.45, 7) is 0.979. The zero-order valence-corrected chi connectivity index (χ0v) is 7.08. The van der Waals surface area contributed by atoms with Gasteiger partial charge in [0.15, 0.2) is 5.78 Å². The molecule has 0 spiro atoms. The molecule has 0 unspecified atom stereocenters. The molecule has 0 bridgehead atoms. The van der Waals surface area contributed by atoms with Gasteiger partial charge in [-0.15, -0.1) is 0 Å². The summed E-state index contributed by atoms with van der Waals surface area (Å²) in [5.74, 6) is -3.25. The minimum atomic E-state index is -1.22. The second-order valence-corrected chi connectivity index (χ2v) is 2.60. The van der Waals surface area contributed by atoms with Gasteiger partial charge in [-0.1, -0.05) is 0 Å². The Bertz CT molecular complexity index is 394. The summed E-state index contributed by atoms with van der Waals surface area (Å²) < 4.78 is 25.9. The molecule has 0 aliphatic carbocycles. The number of benzene rings is 1. The largest absolute Gasteiger partial charge is 0.294 e. The lowest BCUT2D eigenvalue weighted by Crippen LogP contribution is -2.03. The summed E-state index contributed by atoms with van der Waals surface area (Å²) in [6, 6.07) is 1.03. The van der Waals surface area contributed by atoms with Crippen molar-refractivity contribution in [3.63, 3.8) is 0 Å². The van der Waals surface area contributed by atoms with Crippen LogP contribution in [0.5, 0.6) is 0 Å². The maximum absolute atomic E-state index is 13.0. The molecule has 0 fully saturated rings. The Morgan fingerprint density at radius 1 is 1.36 bits per heavy atom. The van der Waals surface area contributed by atoms with E-state index in [1.807, 2.05) is 0 Å². The van der Waals surface area contributed by atoms with E-state index in [2.05, 4.69) is 0 Å². The number of nitro groups is 1. The molecule has 6 heteroatoms. The molecule has 0 aliphatic heterocycles. The van der Waals surface area contributed by atoms with Crippen LogP contribution < -0.4 is 0 Å². The molecule has 0 atom stereocenters. The number of non-ortho nitro benzene ring substituents is 1. The Morgan fingerprint density at radius 3 is 2.07 bits per heavy atom. The van der Waals surface area contributed by atoms with E-state index in [1.165, 1.54) is 0 Å². The molecule has 0 aliphatic rings. The fourth-order valence-electron chi connectivity index (χ4n) is 1.00. The van der Waals surface area contributed by atoms with E-state index in [4.69, 9.17) is 0 Å². The van der Waals surface area contributed by atoms with E-state index >= 15 is 0 Å². The summed E-state index contributed by atoms with van der Waals surface area (Å²) in [6.07, 6.45) is 0. The molecule has 0 saturated heterocycles. The summed E-state index contributed by atoms with van der Waals surface area (Å²) in [5, 5.41) is 10.2. The molecule has 0 amide bonds. The Balaban J connectivity index is 3.39. The number of hydrogen-bond donors (Lipinski definition) is 0. The first-order chi connectivity index (χ1) is 6.43. The van der Waals surface area contributed by atoms with Crippen LogP contribution in [0, 0.1) is 21.7 Å². The van der Waals surface area contributed by atoms with E-state index in [1.54, 1.807) is 0 Å². The van der Waals surface area contributed by atoms with Crippen molar-refractivity contribution in [1.82, 2.24) is 0 Å². The number of carbonyl (C=O) groups excluding carboxylic acids is 1. The number of rotatable bonds is 2. The van der Waals surface area contributed by atoms with Gasteiger partial charge in [0.1, 0.15) is 11.6 Å². The lowest BCUT2D eigenvalue weighted by molar-refractivity contribution is -0.385. The van der Waals surface area contributed by atoms with Gasteiger partial charge >= 0.3 is 0 Å². The third kappa shape index (κ3) is 1.73. The number of ketones is 1. The molecule has 14 heavy (non-hydrogen) atoms. The molecule has 4 nitrogen and oxygen atoms in total. The van der Waals surface area contributed by atoms with Crippen LogP contribution in [0.15, 0.2) is 12.1 Å². The second-order valence-electron chi connectivity index (χ2n) is 2.60. The number of Topliss-reactive ketones (excluding diaryl/α,β-unsaturated/α-hetero) is 1. The summed E-state index contributed by atoms with van der Waals surface area (Å²) in [4.78, 5) is 20.0. The minimum absolute atomic E-state index is 0.514. The minimum Gasteiger partial charge on any atom is -0.294 e. The van der Waals surface area contributed by atoms with Gasteiger partial charge in [0, 0.05) is 0 Å². The van der Waals surface area contributed by atoms with Gasteiger partial charge < -0.3 is 0 Å². The quantitative estimate of drug-likeness (QED) is 0.418. The van der Waals surface area contributed by atoms with Gasteiger partial charge in [0.25, 0.3) is 5.69 Å². The zero-order chi connectivity index (χ0) is 10.9. The van der Waals surface area contributed by atoms with Gasteiger partial charge in [-0.3, -0.25) is 14.9 Å². The number of carbonyl (C=O) groups is 1. The molecule has 1 rings (SSSR count). The molecular weight excluding hydrogens is 196 g/mol. The number of halogens is 2. The lowest BCUT2D eigenvalue weighted by atomic mass is 10.1. The van der Waals surface area contributed by atoms with E-state index in [-0.39, 0.29) is 0 Å². The van der Waals surface area contributed by atoms with Crippen molar-refractivity contribution in [3.8, 4) is 0 Å². The van der Waals surface area contributed by atoms with Crippen molar-refractivity contribution in [3.05, 3.63) is 39.4 Å². The molecule has 1 aromatic carbocycles. The molecule has 0 saturated carbocycles. The van der Waals surface area contributed by atoms with Crippen LogP contribution in [0.2, 0.25) is 0 Å². The fraction of sp³-hybridized carbons (Fsp3) is 0.125. The van der Waals surface area contributed by atoms with Crippen LogP contribution in [0.25, 0.3) is 0 Å². The van der Waals surface area contributed by atoms with Crippen molar-refractivity contribution in [2.24, 2.45) is 0 Å². The van der Waals surface area contributed by atoms with Crippen molar-refractivity contribution >= 4 is 11.5 Å². The maximum Gasteiger partial charge on any atom is 0.275 e. The normalized spacial score (nSPS) is 9.93. The Morgan fingerprint density at radius 2 is 1.79 bits per heavy atom. The lowest BCUT2D eigenvalue weighted by Gasteiger charge is -1.99. The van der Waals surface area contributed by atoms with Crippen LogP contribution in [-0.2, 0) is 0 Å². The molecule has 1 aromatic rings. The van der Waals surface area contributed by atoms with E-state index in [0.29, 0.717) is 12.1 Å². The number of nitro benzene ring substituents is 1. The fourth-order valence-corrected chi connectivity index (χ4v) is 1.00. The summed E-state index contributed by atoms with van der Waals surface area (Å²) in [5.41, 5.74) is -1.47. The summed E-state index contributed by atoms with van der Waals surface area (Å²) in [7, 11) is 0. The van der Waals surface area contributed by atoms with E-state index < -0.39 is 33.6 Å². The van der Waals surface area contributed by atoms with Crippen molar-refractivity contribution in [2.75, 3.05) is 0 Å². The molecule has 0 heterocycles. The van der Waals surface area contributed by atoms with Crippen molar-refractivity contribution < 1.29 is 18.5 Å². The molecule has 0 aromatic heterocycles. The average Bonchev–Trinajstić information content (AvgIpc) is 2.01. The SMILES string of the molecule is CC(=O)c1c(F)cc([N+](=O)[O-])cc1F. The molecule has 74 valence electrons. The second kappa shape index (κ2) is 3.49. The Kier molecular flexibility index (Phi) is 2.55. The third-order valence-electron chi connectivity index (χ3n) is 1.59. The molecule has 0 N–H and O–H groups in total. The zero-order valence-electron chi connectivity index (χ0n) is 7.08. The first-order valence-electron chi connectivity index (χ1n) is 3.58. The highest BCUT2D eigenvalue weighted by Gasteiger charge is 2.19. The predicted molar refractivity (Wildman–Crippen MR) is 43.0 cm³/mol. The Hall–Kier alpha value is -1.85. The van der Waals surface area contributed by atoms with Gasteiger partial charge in [-0.05, 0) is 6.92 Å². The van der Waals surface area contributed by atoms with Crippen LogP contribution >= 0.6 is 0 Å². The van der Waals surface area contributed by atoms with Crippen LogP contribution in [0.4, 0.5) is 14.5 Å². The number of hydrogen-bond acceptors (Lipinski definition) is 3. The number of nitrogens with zero attached hydrogens (tertiary/aromatic N) is 1. The first kappa shape index (κ1) is 10.2. The van der Waals surface area contributed by atoms with Crippen LogP contribution in [0.1, 0.15) is 17.3 Å². The van der Waals surface area contributed by atoms with Gasteiger partial charge in [-0.25, -0.2) is 8.78 Å². The van der Waals surface area contributed by atoms with E-state index in [9.17, 15) is 23.7 Å². The van der Waals surface area contributed by atoms with Crippen LogP contribution in [0.3, 0.4) is 0 Å². The first-order valence-corrected chi connectivity index (χ1v) is 3.58. The average molecular weight is 201 g/mol. The van der Waals surface area contributed by atoms with Crippen LogP contribution in [-0.4, -0.2) is 10.7 Å². The highest BCUT2D eigenvalue weighted by atomic mass is 19.1. The van der Waals surface area contributed by atoms with Gasteiger partial charge in [-0.2, -0.15) is 0 Å². The monoisotopic (exact) mass is 201 g/mol. The molecular formula is C8H5F2NO3. The molecule has 0 radical (unpaired) electrons. The van der Waals surface area contributed by atoms with Gasteiger partial charge in [0.2, 0.25) is 0 Å². The maximum atomic E-state index is 13.0. The highest BCUT2D eigenvalue weighted by Crippen LogP contribution is 2.20. The Labute approximate surface area is 77.3 Å². The van der Waals surface area contributed by atoms with Crippen molar-refractivity contribution in [2.45, 2.75) is 6.92 Å². The van der Waals surface area contributed by atoms with Gasteiger partial charge in [0.05, 0.1) is 22.6 Å². The standard InChI is InChI=1S/C8H5F2NO3/c1-4(12)8-6(9)2-5(11(13)14)3-7(8)10/h2-3H,1H3. The smallest absolute Gasteiger partial charge is 0.275 e. The van der Waals surface area contributed by atoms with Crippen molar-refractivity contribution in [1.29, 1.82) is 0 Å². The van der Waals surface area contributed by atoms with E-state index in [0.717, 1.165) is 6.92 Å². The summed E-state index contributed by atoms with van der Waals surface area (Å²) >= 11 is 0. The predicted octanol–water partition coefficient (Wildman–Crippen LogP) is 2.08. The third-order valence-corrected chi connectivity index (χ3v) is 1.59.